The second-order valence-electron chi connectivity index (χ2n) is 6.00. The molecule has 0 saturated heterocycles. The minimum Gasteiger partial charge on any atom is -0.354 e. The van der Waals surface area contributed by atoms with E-state index in [-0.39, 0.29) is 5.91 Å². The fraction of sp³-hybridized carbons (Fsp3) is 0. The van der Waals surface area contributed by atoms with Crippen molar-refractivity contribution in [2.75, 3.05) is 5.32 Å². The minimum absolute atomic E-state index is 0.256. The van der Waals surface area contributed by atoms with E-state index in [0.29, 0.717) is 16.3 Å². The van der Waals surface area contributed by atoms with Gasteiger partial charge >= 0.3 is 0 Å². The molecule has 0 aliphatic carbocycles. The van der Waals surface area contributed by atoms with Gasteiger partial charge in [-0.05, 0) is 48.5 Å². The van der Waals surface area contributed by atoms with Gasteiger partial charge in [0.2, 0.25) is 0 Å². The van der Waals surface area contributed by atoms with Crippen molar-refractivity contribution in [3.8, 4) is 0 Å². The Kier molecular flexibility index (Phi) is 4.79. The molecule has 1 amide bonds. The Balaban J connectivity index is 1.44. The van der Waals surface area contributed by atoms with E-state index in [4.69, 9.17) is 11.6 Å². The van der Waals surface area contributed by atoms with Gasteiger partial charge in [0.1, 0.15) is 0 Å². The second kappa shape index (κ2) is 7.39. The highest BCUT2D eigenvalue weighted by Gasteiger charge is 2.16. The van der Waals surface area contributed by atoms with Gasteiger partial charge in [-0.1, -0.05) is 48.1 Å². The van der Waals surface area contributed by atoms with Crippen molar-refractivity contribution < 1.29 is 4.79 Å². The topological polar surface area (TPSA) is 53.2 Å². The summed E-state index contributed by atoms with van der Waals surface area (Å²) < 4.78 is 0. The smallest absolute Gasteiger partial charge is 0.269 e. The minimum atomic E-state index is -0.256. The molecule has 6 heteroatoms. The van der Waals surface area contributed by atoms with Crippen molar-refractivity contribution in [2.45, 2.75) is 9.79 Å². The third kappa shape index (κ3) is 3.79. The zero-order valence-corrected chi connectivity index (χ0v) is 15.8. The van der Waals surface area contributed by atoms with Crippen LogP contribution in [0.3, 0.4) is 0 Å². The number of carbonyl (C=O) groups is 1. The van der Waals surface area contributed by atoms with Gasteiger partial charge in [0.25, 0.3) is 5.91 Å². The third-order valence-corrected chi connectivity index (χ3v) is 5.54. The van der Waals surface area contributed by atoms with Crippen LogP contribution in [0.15, 0.2) is 83.1 Å². The first kappa shape index (κ1) is 17.5. The summed E-state index contributed by atoms with van der Waals surface area (Å²) in [6.45, 7) is 4.02. The number of nitrogens with one attached hydrogen (secondary N) is 3. The van der Waals surface area contributed by atoms with Crippen LogP contribution in [0.5, 0.6) is 0 Å². The number of hydrogen-bond acceptors (Lipinski definition) is 4. The van der Waals surface area contributed by atoms with E-state index in [9.17, 15) is 4.79 Å². The first-order valence-corrected chi connectivity index (χ1v) is 9.49. The lowest BCUT2D eigenvalue weighted by Crippen LogP contribution is -2.35. The number of hydrazine groups is 1. The van der Waals surface area contributed by atoms with Crippen molar-refractivity contribution in [1.82, 2.24) is 10.9 Å². The predicted molar refractivity (Wildman–Crippen MR) is 111 cm³/mol. The molecule has 1 aliphatic heterocycles. The van der Waals surface area contributed by atoms with Gasteiger partial charge in [-0.2, -0.15) is 0 Å². The van der Waals surface area contributed by atoms with Crippen LogP contribution in [-0.4, -0.2) is 5.91 Å². The van der Waals surface area contributed by atoms with E-state index in [1.54, 1.807) is 36.0 Å². The molecule has 0 aromatic heterocycles. The van der Waals surface area contributed by atoms with Crippen molar-refractivity contribution in [2.24, 2.45) is 0 Å². The van der Waals surface area contributed by atoms with Crippen LogP contribution >= 0.6 is 23.4 Å². The van der Waals surface area contributed by atoms with E-state index in [1.807, 2.05) is 30.3 Å². The lowest BCUT2D eigenvalue weighted by atomic mass is 10.1. The van der Waals surface area contributed by atoms with Crippen molar-refractivity contribution >= 4 is 46.3 Å². The molecule has 3 aromatic rings. The van der Waals surface area contributed by atoms with Crippen LogP contribution in [0.2, 0.25) is 5.02 Å². The number of hydrogen-bond donors (Lipinski definition) is 3. The number of halogens is 1. The normalized spacial score (nSPS) is 11.6. The monoisotopic (exact) mass is 393 g/mol. The fourth-order valence-corrected chi connectivity index (χ4v) is 3.80. The van der Waals surface area contributed by atoms with Crippen molar-refractivity contribution in [3.05, 3.63) is 89.5 Å². The number of benzene rings is 3. The van der Waals surface area contributed by atoms with Crippen LogP contribution in [0.25, 0.3) is 5.70 Å². The lowest BCUT2D eigenvalue weighted by molar-refractivity contribution is 0.0942. The molecule has 0 fully saturated rings. The molecule has 0 atom stereocenters. The maximum atomic E-state index is 12.2. The lowest BCUT2D eigenvalue weighted by Gasteiger charge is -2.21. The molecule has 0 unspecified atom stereocenters. The van der Waals surface area contributed by atoms with Crippen LogP contribution in [-0.2, 0) is 0 Å². The number of fused-ring (bicyclic) bond motifs is 2. The molecule has 3 aromatic carbocycles. The SMILES string of the molecule is C=C(NNC(=O)c1ccc(Cl)cc1)c1ccc2c(c1)Nc1ccccc1S2. The average Bonchev–Trinajstić information content (AvgIpc) is 2.70. The fourth-order valence-electron chi connectivity index (χ4n) is 2.70. The maximum absolute atomic E-state index is 12.2. The molecule has 1 heterocycles. The summed E-state index contributed by atoms with van der Waals surface area (Å²) in [5.74, 6) is -0.256. The first-order valence-electron chi connectivity index (χ1n) is 8.29. The number of rotatable bonds is 4. The highest BCUT2D eigenvalue weighted by molar-refractivity contribution is 7.99. The Morgan fingerprint density at radius 3 is 2.41 bits per heavy atom. The zero-order chi connectivity index (χ0) is 18.8. The summed E-state index contributed by atoms with van der Waals surface area (Å²) in [5.41, 5.74) is 9.64. The van der Waals surface area contributed by atoms with Crippen LogP contribution in [0, 0.1) is 0 Å². The quantitative estimate of drug-likeness (QED) is 0.403. The Labute approximate surface area is 166 Å². The molecule has 134 valence electrons. The first-order chi connectivity index (χ1) is 13.1. The number of amides is 1. The highest BCUT2D eigenvalue weighted by Crippen LogP contribution is 2.44. The third-order valence-electron chi connectivity index (χ3n) is 4.14. The molecular formula is C21H16ClN3OS. The van der Waals surface area contributed by atoms with E-state index < -0.39 is 0 Å². The maximum Gasteiger partial charge on any atom is 0.269 e. The van der Waals surface area contributed by atoms with Gasteiger partial charge in [-0.25, -0.2) is 0 Å². The van der Waals surface area contributed by atoms with E-state index in [2.05, 4.69) is 34.9 Å². The van der Waals surface area contributed by atoms with Gasteiger partial charge in [0.05, 0.1) is 17.1 Å². The molecular weight excluding hydrogens is 378 g/mol. The molecule has 0 saturated carbocycles. The molecule has 4 nitrogen and oxygen atoms in total. The number of anilines is 2. The summed E-state index contributed by atoms with van der Waals surface area (Å²) in [5, 5.41) is 4.03. The standard InChI is InChI=1S/C21H16ClN3OS/c1-13(24-25-21(26)14-6-9-16(22)10-7-14)15-8-11-20-18(12-15)23-17-4-2-3-5-19(17)27-20/h2-12,23-24H,1H2,(H,25,26). The molecule has 0 radical (unpaired) electrons. The van der Waals surface area contributed by atoms with Gasteiger partial charge in [-0.3, -0.25) is 15.6 Å². The van der Waals surface area contributed by atoms with Gasteiger partial charge < -0.3 is 5.32 Å². The molecule has 3 N–H and O–H groups in total. The Morgan fingerprint density at radius 1 is 0.889 bits per heavy atom. The molecule has 0 spiro atoms. The Bertz CT molecular complexity index is 1030. The molecule has 0 bridgehead atoms. The summed E-state index contributed by atoms with van der Waals surface area (Å²) >= 11 is 7.57. The largest absolute Gasteiger partial charge is 0.354 e. The predicted octanol–water partition coefficient (Wildman–Crippen LogP) is 5.45. The van der Waals surface area contributed by atoms with E-state index in [1.165, 1.54) is 4.90 Å². The van der Waals surface area contributed by atoms with Crippen LogP contribution in [0.4, 0.5) is 11.4 Å². The summed E-state index contributed by atoms with van der Waals surface area (Å²) in [7, 11) is 0. The Morgan fingerprint density at radius 2 is 1.59 bits per heavy atom. The summed E-state index contributed by atoms with van der Waals surface area (Å²) in [4.78, 5) is 14.5. The van der Waals surface area contributed by atoms with Crippen LogP contribution in [0.1, 0.15) is 15.9 Å². The number of carbonyl (C=O) groups excluding carboxylic acids is 1. The number of para-hydroxylation sites is 1. The molecule has 4 rings (SSSR count). The molecule has 1 aliphatic rings. The summed E-state index contributed by atoms with van der Waals surface area (Å²) in [6.07, 6.45) is 0. The van der Waals surface area contributed by atoms with Gasteiger partial charge in [0, 0.05) is 25.9 Å². The zero-order valence-electron chi connectivity index (χ0n) is 14.3. The van der Waals surface area contributed by atoms with Crippen molar-refractivity contribution in [1.29, 1.82) is 0 Å². The molecule has 27 heavy (non-hydrogen) atoms. The van der Waals surface area contributed by atoms with E-state index in [0.717, 1.165) is 21.8 Å². The van der Waals surface area contributed by atoms with Crippen LogP contribution < -0.4 is 16.2 Å². The van der Waals surface area contributed by atoms with E-state index >= 15 is 0 Å². The summed E-state index contributed by atoms with van der Waals surface area (Å²) in [6, 6.07) is 20.9. The highest BCUT2D eigenvalue weighted by atomic mass is 35.5. The Hall–Kier alpha value is -2.89. The second-order valence-corrected chi connectivity index (χ2v) is 7.52. The van der Waals surface area contributed by atoms with Gasteiger partial charge in [-0.15, -0.1) is 0 Å². The van der Waals surface area contributed by atoms with Crippen molar-refractivity contribution in [3.63, 3.8) is 0 Å². The van der Waals surface area contributed by atoms with Gasteiger partial charge in [0.15, 0.2) is 0 Å². The average molecular weight is 394 g/mol.